The van der Waals surface area contributed by atoms with Crippen molar-refractivity contribution in [1.82, 2.24) is 4.98 Å². The standard InChI is InChI=1S/C19H17N3O4S/c1-12-9-13(3-8-17(12)26-2)10-18(23)21-19-20-16(11-27-19)14-4-6-15(7-5-14)22(24)25/h3-9,11H,10H2,1-2H3,(H,20,21,23). The molecule has 0 radical (unpaired) electrons. The molecule has 2 aromatic carbocycles. The number of benzene rings is 2. The van der Waals surface area contributed by atoms with E-state index in [-0.39, 0.29) is 18.0 Å². The molecule has 138 valence electrons. The molecule has 0 aliphatic rings. The van der Waals surface area contributed by atoms with E-state index in [0.29, 0.717) is 10.8 Å². The van der Waals surface area contributed by atoms with Crippen molar-refractivity contribution in [1.29, 1.82) is 0 Å². The Morgan fingerprint density at radius 3 is 2.63 bits per heavy atom. The van der Waals surface area contributed by atoms with Crippen LogP contribution in [0.5, 0.6) is 5.75 Å². The number of methoxy groups -OCH3 is 1. The summed E-state index contributed by atoms with van der Waals surface area (Å²) < 4.78 is 5.22. The second-order valence-electron chi connectivity index (χ2n) is 5.87. The summed E-state index contributed by atoms with van der Waals surface area (Å²) in [5, 5.41) is 15.8. The van der Waals surface area contributed by atoms with E-state index in [1.54, 1.807) is 24.6 Å². The number of aryl methyl sites for hydroxylation is 1. The van der Waals surface area contributed by atoms with E-state index in [1.807, 2.05) is 25.1 Å². The molecule has 0 atom stereocenters. The molecule has 3 aromatic rings. The van der Waals surface area contributed by atoms with Gasteiger partial charge in [-0.05, 0) is 36.2 Å². The summed E-state index contributed by atoms with van der Waals surface area (Å²) in [6.45, 7) is 1.93. The van der Waals surface area contributed by atoms with E-state index in [4.69, 9.17) is 4.74 Å². The minimum Gasteiger partial charge on any atom is -0.496 e. The Kier molecular flexibility index (Phi) is 5.46. The molecule has 1 heterocycles. The number of carbonyl (C=O) groups excluding carboxylic acids is 1. The largest absolute Gasteiger partial charge is 0.496 e. The van der Waals surface area contributed by atoms with Crippen LogP contribution in [0.2, 0.25) is 0 Å². The third-order valence-corrected chi connectivity index (χ3v) is 4.71. The molecular weight excluding hydrogens is 366 g/mol. The molecular formula is C19H17N3O4S. The van der Waals surface area contributed by atoms with Gasteiger partial charge in [-0.1, -0.05) is 12.1 Å². The number of nitrogens with one attached hydrogen (secondary N) is 1. The third-order valence-electron chi connectivity index (χ3n) is 3.95. The number of rotatable bonds is 6. The van der Waals surface area contributed by atoms with Gasteiger partial charge in [0.2, 0.25) is 5.91 Å². The van der Waals surface area contributed by atoms with E-state index < -0.39 is 4.92 Å². The van der Waals surface area contributed by atoms with Gasteiger partial charge in [0.15, 0.2) is 5.13 Å². The molecule has 8 heteroatoms. The lowest BCUT2D eigenvalue weighted by atomic mass is 10.1. The first-order valence-corrected chi connectivity index (χ1v) is 8.98. The Morgan fingerprint density at radius 2 is 2.00 bits per heavy atom. The zero-order valence-corrected chi connectivity index (χ0v) is 15.6. The van der Waals surface area contributed by atoms with Crippen molar-refractivity contribution in [3.05, 3.63) is 69.1 Å². The molecule has 1 aromatic heterocycles. The number of ether oxygens (including phenoxy) is 1. The van der Waals surface area contributed by atoms with E-state index in [0.717, 1.165) is 22.4 Å². The number of thiazole rings is 1. The smallest absolute Gasteiger partial charge is 0.269 e. The lowest BCUT2D eigenvalue weighted by molar-refractivity contribution is -0.384. The zero-order valence-electron chi connectivity index (χ0n) is 14.8. The summed E-state index contributed by atoms with van der Waals surface area (Å²) in [7, 11) is 1.61. The summed E-state index contributed by atoms with van der Waals surface area (Å²) in [6.07, 6.45) is 0.233. The van der Waals surface area contributed by atoms with Crippen LogP contribution in [0, 0.1) is 17.0 Å². The van der Waals surface area contributed by atoms with E-state index >= 15 is 0 Å². The van der Waals surface area contributed by atoms with Crippen LogP contribution in [-0.2, 0) is 11.2 Å². The Hall–Kier alpha value is -3.26. The molecule has 0 aliphatic heterocycles. The second kappa shape index (κ2) is 7.96. The third kappa shape index (κ3) is 4.48. The first kappa shape index (κ1) is 18.5. The van der Waals surface area contributed by atoms with Gasteiger partial charge >= 0.3 is 0 Å². The highest BCUT2D eigenvalue weighted by Crippen LogP contribution is 2.26. The van der Waals surface area contributed by atoms with Gasteiger partial charge in [0, 0.05) is 23.1 Å². The van der Waals surface area contributed by atoms with Gasteiger partial charge in [0.05, 0.1) is 24.1 Å². The Labute approximate surface area is 159 Å². The van der Waals surface area contributed by atoms with E-state index in [9.17, 15) is 14.9 Å². The SMILES string of the molecule is COc1ccc(CC(=O)Nc2nc(-c3ccc([N+](=O)[O-])cc3)cs2)cc1C. The average Bonchev–Trinajstić information content (AvgIpc) is 3.10. The fourth-order valence-corrected chi connectivity index (χ4v) is 3.35. The molecule has 1 amide bonds. The summed E-state index contributed by atoms with van der Waals surface area (Å²) >= 11 is 1.31. The Morgan fingerprint density at radius 1 is 1.26 bits per heavy atom. The van der Waals surface area contributed by atoms with Crippen LogP contribution in [-0.4, -0.2) is 22.9 Å². The zero-order chi connectivity index (χ0) is 19.4. The number of nitro groups is 1. The van der Waals surface area contributed by atoms with Gasteiger partial charge in [-0.15, -0.1) is 11.3 Å². The molecule has 7 nitrogen and oxygen atoms in total. The predicted molar refractivity (Wildman–Crippen MR) is 104 cm³/mol. The molecule has 0 spiro atoms. The number of aromatic nitrogens is 1. The molecule has 0 unspecified atom stereocenters. The van der Waals surface area contributed by atoms with Crippen LogP contribution in [0.1, 0.15) is 11.1 Å². The van der Waals surface area contributed by atoms with Crippen molar-refractivity contribution in [3.63, 3.8) is 0 Å². The van der Waals surface area contributed by atoms with Crippen molar-refractivity contribution in [3.8, 4) is 17.0 Å². The van der Waals surface area contributed by atoms with Crippen molar-refractivity contribution >= 4 is 28.1 Å². The van der Waals surface area contributed by atoms with Crippen LogP contribution in [0.15, 0.2) is 47.8 Å². The number of nitrogens with zero attached hydrogens (tertiary/aromatic N) is 2. The van der Waals surface area contributed by atoms with Crippen LogP contribution >= 0.6 is 11.3 Å². The highest BCUT2D eigenvalue weighted by molar-refractivity contribution is 7.14. The first-order chi connectivity index (χ1) is 13.0. The molecule has 0 saturated carbocycles. The molecule has 0 bridgehead atoms. The number of hydrogen-bond acceptors (Lipinski definition) is 6. The topological polar surface area (TPSA) is 94.4 Å². The molecule has 3 rings (SSSR count). The number of anilines is 1. The predicted octanol–water partition coefficient (Wildman–Crippen LogP) is 4.22. The van der Waals surface area contributed by atoms with Gasteiger partial charge in [0.1, 0.15) is 5.75 Å². The molecule has 1 N–H and O–H groups in total. The number of non-ortho nitro benzene ring substituents is 1. The molecule has 0 aliphatic carbocycles. The normalized spacial score (nSPS) is 10.4. The average molecular weight is 383 g/mol. The maximum Gasteiger partial charge on any atom is 0.269 e. The monoisotopic (exact) mass is 383 g/mol. The number of amides is 1. The van der Waals surface area contributed by atoms with Crippen molar-refractivity contribution in [2.75, 3.05) is 12.4 Å². The van der Waals surface area contributed by atoms with Crippen LogP contribution in [0.4, 0.5) is 10.8 Å². The van der Waals surface area contributed by atoms with Crippen LogP contribution < -0.4 is 10.1 Å². The maximum atomic E-state index is 12.3. The molecule has 0 saturated heterocycles. The van der Waals surface area contributed by atoms with Gasteiger partial charge in [-0.2, -0.15) is 0 Å². The van der Waals surface area contributed by atoms with Crippen LogP contribution in [0.3, 0.4) is 0 Å². The second-order valence-corrected chi connectivity index (χ2v) is 6.73. The van der Waals surface area contributed by atoms with Gasteiger partial charge in [0.25, 0.3) is 5.69 Å². The summed E-state index contributed by atoms with van der Waals surface area (Å²) in [5.74, 6) is 0.621. The lowest BCUT2D eigenvalue weighted by Crippen LogP contribution is -2.14. The van der Waals surface area contributed by atoms with Crippen molar-refractivity contribution < 1.29 is 14.5 Å². The fourth-order valence-electron chi connectivity index (χ4n) is 2.62. The highest BCUT2D eigenvalue weighted by atomic mass is 32.1. The Bertz CT molecular complexity index is 983. The number of hydrogen-bond donors (Lipinski definition) is 1. The van der Waals surface area contributed by atoms with Crippen molar-refractivity contribution in [2.45, 2.75) is 13.3 Å². The minimum absolute atomic E-state index is 0.0253. The summed E-state index contributed by atoms with van der Waals surface area (Å²) in [6, 6.07) is 11.8. The van der Waals surface area contributed by atoms with Gasteiger partial charge < -0.3 is 10.1 Å². The number of nitro benzene ring substituents is 1. The van der Waals surface area contributed by atoms with Gasteiger partial charge in [-0.25, -0.2) is 4.98 Å². The molecule has 27 heavy (non-hydrogen) atoms. The van der Waals surface area contributed by atoms with Crippen LogP contribution in [0.25, 0.3) is 11.3 Å². The first-order valence-electron chi connectivity index (χ1n) is 8.10. The highest BCUT2D eigenvalue weighted by Gasteiger charge is 2.11. The Balaban J connectivity index is 1.65. The van der Waals surface area contributed by atoms with Gasteiger partial charge in [-0.3, -0.25) is 14.9 Å². The summed E-state index contributed by atoms with van der Waals surface area (Å²) in [5.41, 5.74) is 3.29. The minimum atomic E-state index is -0.447. The maximum absolute atomic E-state index is 12.3. The van der Waals surface area contributed by atoms with Crippen molar-refractivity contribution in [2.24, 2.45) is 0 Å². The quantitative estimate of drug-likeness (QED) is 0.508. The van der Waals surface area contributed by atoms with E-state index in [2.05, 4.69) is 10.3 Å². The molecule has 0 fully saturated rings. The fraction of sp³-hybridized carbons (Fsp3) is 0.158. The number of carbonyl (C=O) groups is 1. The summed E-state index contributed by atoms with van der Waals surface area (Å²) in [4.78, 5) is 26.9. The lowest BCUT2D eigenvalue weighted by Gasteiger charge is -2.07. The van der Waals surface area contributed by atoms with E-state index in [1.165, 1.54) is 23.5 Å².